The lowest BCUT2D eigenvalue weighted by atomic mass is 9.95. The summed E-state index contributed by atoms with van der Waals surface area (Å²) in [5, 5.41) is 3.06. The van der Waals surface area contributed by atoms with Gasteiger partial charge in [-0.3, -0.25) is 9.69 Å². The summed E-state index contributed by atoms with van der Waals surface area (Å²) in [6.45, 7) is 5.94. The first-order chi connectivity index (χ1) is 13.7. The number of benzene rings is 2. The van der Waals surface area contributed by atoms with Crippen LogP contribution in [-0.2, 0) is 11.3 Å². The van der Waals surface area contributed by atoms with Crippen molar-refractivity contribution in [3.05, 3.63) is 59.7 Å². The molecule has 2 aromatic carbocycles. The van der Waals surface area contributed by atoms with Gasteiger partial charge < -0.3 is 14.8 Å². The maximum Gasteiger partial charge on any atom is 0.223 e. The van der Waals surface area contributed by atoms with E-state index < -0.39 is 0 Å². The molecule has 1 fully saturated rings. The molecule has 1 amide bonds. The molecule has 2 aliphatic rings. The molecule has 148 valence electrons. The lowest BCUT2D eigenvalue weighted by Crippen LogP contribution is -2.45. The van der Waals surface area contributed by atoms with Crippen LogP contribution < -0.4 is 14.8 Å². The molecule has 1 N–H and O–H groups in total. The zero-order chi connectivity index (χ0) is 19.3. The summed E-state index contributed by atoms with van der Waals surface area (Å²) in [6.07, 6.45) is 1.67. The van der Waals surface area contributed by atoms with Gasteiger partial charge in [0.15, 0.2) is 11.5 Å². The predicted molar refractivity (Wildman–Crippen MR) is 109 cm³/mol. The van der Waals surface area contributed by atoms with Crippen molar-refractivity contribution in [2.24, 2.45) is 5.92 Å². The van der Waals surface area contributed by atoms with E-state index in [0.717, 1.165) is 44.0 Å². The summed E-state index contributed by atoms with van der Waals surface area (Å²) in [7, 11) is 0. The number of likely N-dealkylation sites (tertiary alicyclic amines) is 1. The zero-order valence-corrected chi connectivity index (χ0v) is 16.4. The molecule has 1 saturated heterocycles. The number of ether oxygens (including phenoxy) is 2. The quantitative estimate of drug-likeness (QED) is 0.866. The van der Waals surface area contributed by atoms with Crippen molar-refractivity contribution in [1.29, 1.82) is 0 Å². The number of rotatable bonds is 5. The average molecular weight is 380 g/mol. The third-order valence-electron chi connectivity index (χ3n) is 5.56. The van der Waals surface area contributed by atoms with E-state index in [2.05, 4.69) is 41.4 Å². The maximum atomic E-state index is 12.6. The Kier molecular flexibility index (Phi) is 5.81. The first-order valence-corrected chi connectivity index (χ1v) is 10.1. The Morgan fingerprint density at radius 1 is 1.07 bits per heavy atom. The van der Waals surface area contributed by atoms with Crippen LogP contribution in [0.2, 0.25) is 0 Å². The van der Waals surface area contributed by atoms with Crippen LogP contribution in [0.1, 0.15) is 24.0 Å². The third-order valence-corrected chi connectivity index (χ3v) is 5.56. The summed E-state index contributed by atoms with van der Waals surface area (Å²) in [6, 6.07) is 16.3. The molecule has 2 aromatic rings. The number of nitrogens with one attached hydrogen (secondary N) is 1. The number of nitrogens with zero attached hydrogens (tertiary/aromatic N) is 1. The van der Waals surface area contributed by atoms with Gasteiger partial charge in [0.1, 0.15) is 12.7 Å². The van der Waals surface area contributed by atoms with E-state index in [1.807, 2.05) is 24.3 Å². The lowest BCUT2D eigenvalue weighted by Gasteiger charge is -2.32. The number of para-hydroxylation sites is 2. The van der Waals surface area contributed by atoms with Gasteiger partial charge in [-0.05, 0) is 50.6 Å². The Morgan fingerprint density at radius 3 is 2.54 bits per heavy atom. The Hall–Kier alpha value is -2.53. The van der Waals surface area contributed by atoms with Crippen LogP contribution in [-0.4, -0.2) is 43.2 Å². The van der Waals surface area contributed by atoms with Crippen LogP contribution in [0, 0.1) is 12.8 Å². The number of amides is 1. The Bertz CT molecular complexity index is 798. The first-order valence-electron chi connectivity index (χ1n) is 10.1. The van der Waals surface area contributed by atoms with Gasteiger partial charge in [0.25, 0.3) is 0 Å². The van der Waals surface area contributed by atoms with Gasteiger partial charge in [0.2, 0.25) is 5.91 Å². The highest BCUT2D eigenvalue weighted by molar-refractivity contribution is 5.78. The molecular formula is C23H28N2O3. The molecule has 0 aliphatic carbocycles. The molecule has 0 aromatic heterocycles. The van der Waals surface area contributed by atoms with Crippen molar-refractivity contribution >= 4 is 5.91 Å². The predicted octanol–water partition coefficient (Wildman–Crippen LogP) is 3.16. The fourth-order valence-corrected chi connectivity index (χ4v) is 3.83. The van der Waals surface area contributed by atoms with Gasteiger partial charge in [0, 0.05) is 12.5 Å². The minimum Gasteiger partial charge on any atom is -0.486 e. The van der Waals surface area contributed by atoms with Gasteiger partial charge in [-0.1, -0.05) is 42.0 Å². The number of fused-ring (bicyclic) bond motifs is 1. The molecule has 0 radical (unpaired) electrons. The minimum atomic E-state index is -0.138. The van der Waals surface area contributed by atoms with Gasteiger partial charge in [-0.15, -0.1) is 0 Å². The van der Waals surface area contributed by atoms with E-state index in [0.29, 0.717) is 13.2 Å². The molecule has 2 heterocycles. The molecule has 4 rings (SSSR count). The minimum absolute atomic E-state index is 0.0889. The highest BCUT2D eigenvalue weighted by Gasteiger charge is 2.27. The van der Waals surface area contributed by atoms with Crippen LogP contribution in [0.4, 0.5) is 0 Å². The number of hydrogen-bond donors (Lipinski definition) is 1. The molecule has 1 unspecified atom stereocenters. The van der Waals surface area contributed by atoms with Crippen molar-refractivity contribution in [1.82, 2.24) is 10.2 Å². The molecule has 28 heavy (non-hydrogen) atoms. The van der Waals surface area contributed by atoms with Crippen LogP contribution in [0.25, 0.3) is 0 Å². The third kappa shape index (κ3) is 4.65. The second-order valence-electron chi connectivity index (χ2n) is 7.78. The number of piperidine rings is 1. The van der Waals surface area contributed by atoms with Crippen molar-refractivity contribution < 1.29 is 14.3 Å². The molecule has 5 nitrogen and oxygen atoms in total. The molecule has 1 atom stereocenters. The Balaban J connectivity index is 1.20. The maximum absolute atomic E-state index is 12.6. The van der Waals surface area contributed by atoms with Crippen molar-refractivity contribution in [2.45, 2.75) is 32.4 Å². The molecule has 0 saturated carbocycles. The summed E-state index contributed by atoms with van der Waals surface area (Å²) >= 11 is 0. The fraction of sp³-hybridized carbons (Fsp3) is 0.435. The van der Waals surface area contributed by atoms with Gasteiger partial charge >= 0.3 is 0 Å². The van der Waals surface area contributed by atoms with Gasteiger partial charge in [-0.25, -0.2) is 0 Å². The van der Waals surface area contributed by atoms with Crippen LogP contribution in [0.5, 0.6) is 11.5 Å². The summed E-state index contributed by atoms with van der Waals surface area (Å²) < 4.78 is 11.6. The highest BCUT2D eigenvalue weighted by Crippen LogP contribution is 2.30. The first kappa shape index (κ1) is 18.8. The standard InChI is InChI=1S/C23H28N2O3/c1-17-6-8-18(9-7-17)15-25-12-10-19(11-13-25)23(26)24-14-20-16-27-21-4-2-3-5-22(21)28-20/h2-9,19-20H,10-16H2,1H3,(H,24,26). The van der Waals surface area contributed by atoms with Crippen LogP contribution >= 0.6 is 0 Å². The van der Waals surface area contributed by atoms with Crippen LogP contribution in [0.3, 0.4) is 0 Å². The molecule has 0 bridgehead atoms. The molecule has 5 heteroatoms. The number of carbonyl (C=O) groups excluding carboxylic acids is 1. The van der Waals surface area contributed by atoms with E-state index in [4.69, 9.17) is 9.47 Å². The van der Waals surface area contributed by atoms with Crippen molar-refractivity contribution in [3.63, 3.8) is 0 Å². The number of carbonyl (C=O) groups is 1. The zero-order valence-electron chi connectivity index (χ0n) is 16.4. The van der Waals surface area contributed by atoms with Crippen molar-refractivity contribution in [2.75, 3.05) is 26.2 Å². The van der Waals surface area contributed by atoms with Crippen molar-refractivity contribution in [3.8, 4) is 11.5 Å². The van der Waals surface area contributed by atoms with E-state index in [-0.39, 0.29) is 17.9 Å². The smallest absolute Gasteiger partial charge is 0.223 e. The normalized spacial score (nSPS) is 20.0. The molecular weight excluding hydrogens is 352 g/mol. The second kappa shape index (κ2) is 8.65. The second-order valence-corrected chi connectivity index (χ2v) is 7.78. The van der Waals surface area contributed by atoms with E-state index in [1.165, 1.54) is 11.1 Å². The van der Waals surface area contributed by atoms with Gasteiger partial charge in [0.05, 0.1) is 6.54 Å². The summed E-state index contributed by atoms with van der Waals surface area (Å²) in [4.78, 5) is 15.0. The Labute approximate surface area is 166 Å². The fourth-order valence-electron chi connectivity index (χ4n) is 3.83. The Morgan fingerprint density at radius 2 is 1.79 bits per heavy atom. The van der Waals surface area contributed by atoms with E-state index >= 15 is 0 Å². The largest absolute Gasteiger partial charge is 0.486 e. The van der Waals surface area contributed by atoms with E-state index in [1.54, 1.807) is 0 Å². The van der Waals surface area contributed by atoms with E-state index in [9.17, 15) is 4.79 Å². The summed E-state index contributed by atoms with van der Waals surface area (Å²) in [5.74, 6) is 1.74. The molecule has 0 spiro atoms. The van der Waals surface area contributed by atoms with Gasteiger partial charge in [-0.2, -0.15) is 0 Å². The number of aryl methyl sites for hydroxylation is 1. The number of hydrogen-bond acceptors (Lipinski definition) is 4. The van der Waals surface area contributed by atoms with Crippen LogP contribution in [0.15, 0.2) is 48.5 Å². The highest BCUT2D eigenvalue weighted by atomic mass is 16.6. The summed E-state index contributed by atoms with van der Waals surface area (Å²) in [5.41, 5.74) is 2.62. The lowest BCUT2D eigenvalue weighted by molar-refractivity contribution is -0.127. The SMILES string of the molecule is Cc1ccc(CN2CCC(C(=O)NCC3COc4ccccc4O3)CC2)cc1. The monoisotopic (exact) mass is 380 g/mol. The average Bonchev–Trinajstić information content (AvgIpc) is 2.74. The topological polar surface area (TPSA) is 50.8 Å². The molecule has 2 aliphatic heterocycles.